The van der Waals surface area contributed by atoms with E-state index >= 15 is 0 Å². The molecule has 0 heterocycles. The molecule has 1 aliphatic carbocycles. The first-order chi connectivity index (χ1) is 9.70. The summed E-state index contributed by atoms with van der Waals surface area (Å²) in [5.74, 6) is 0.871. The fraction of sp³-hybridized carbons (Fsp3) is 0.647. The lowest BCUT2D eigenvalue weighted by atomic mass is 9.92. The van der Waals surface area contributed by atoms with E-state index in [1.54, 1.807) is 0 Å². The van der Waals surface area contributed by atoms with Gasteiger partial charge in [-0.15, -0.1) is 0 Å². The third-order valence-corrected chi connectivity index (χ3v) is 5.21. The highest BCUT2D eigenvalue weighted by molar-refractivity contribution is 9.10. The van der Waals surface area contributed by atoms with Crippen LogP contribution in [0.25, 0.3) is 0 Å². The fourth-order valence-corrected chi connectivity index (χ4v) is 4.00. The molecule has 0 spiro atoms. The van der Waals surface area contributed by atoms with E-state index in [2.05, 4.69) is 40.3 Å². The van der Waals surface area contributed by atoms with Gasteiger partial charge in [-0.05, 0) is 62.3 Å². The number of hydrogen-bond acceptors (Lipinski definition) is 1. The minimum atomic E-state index is 0.664. The number of hydrogen-bond donors (Lipinski definition) is 1. The monoisotopic (exact) mass is 357 g/mol. The molecule has 112 valence electrons. The van der Waals surface area contributed by atoms with Gasteiger partial charge < -0.3 is 5.32 Å². The van der Waals surface area contributed by atoms with Crippen LogP contribution in [0.5, 0.6) is 0 Å². The van der Waals surface area contributed by atoms with Crippen LogP contribution in [0.3, 0.4) is 0 Å². The third kappa shape index (κ3) is 4.75. The van der Waals surface area contributed by atoms with Gasteiger partial charge in [0.15, 0.2) is 0 Å². The summed E-state index contributed by atoms with van der Waals surface area (Å²) in [5.41, 5.74) is 1.27. The Morgan fingerprint density at radius 3 is 2.75 bits per heavy atom. The molecule has 1 aromatic carbocycles. The molecule has 3 heteroatoms. The van der Waals surface area contributed by atoms with Crippen LogP contribution in [-0.2, 0) is 6.42 Å². The van der Waals surface area contributed by atoms with Crippen LogP contribution in [0.1, 0.15) is 51.0 Å². The van der Waals surface area contributed by atoms with Gasteiger partial charge in [0.05, 0.1) is 0 Å². The van der Waals surface area contributed by atoms with Crippen molar-refractivity contribution in [1.82, 2.24) is 5.32 Å². The summed E-state index contributed by atoms with van der Waals surface area (Å²) in [6, 6.07) is 6.90. The zero-order valence-electron chi connectivity index (χ0n) is 12.3. The fourth-order valence-electron chi connectivity index (χ4n) is 3.23. The average Bonchev–Trinajstić information content (AvgIpc) is 2.95. The van der Waals surface area contributed by atoms with E-state index in [-0.39, 0.29) is 0 Å². The largest absolute Gasteiger partial charge is 0.314 e. The number of benzene rings is 1. The maximum Gasteiger partial charge on any atom is 0.0449 e. The molecule has 1 aliphatic rings. The predicted molar refractivity (Wildman–Crippen MR) is 91.5 cm³/mol. The summed E-state index contributed by atoms with van der Waals surface area (Å²) in [4.78, 5) is 0. The Hall–Kier alpha value is -0.0500. The number of rotatable bonds is 7. The Morgan fingerprint density at radius 2 is 2.10 bits per heavy atom. The van der Waals surface area contributed by atoms with Crippen LogP contribution >= 0.6 is 27.5 Å². The summed E-state index contributed by atoms with van der Waals surface area (Å²) >= 11 is 9.79. The molecule has 1 fully saturated rings. The molecule has 0 aliphatic heterocycles. The summed E-state index contributed by atoms with van der Waals surface area (Å²) in [7, 11) is 0. The first-order valence-electron chi connectivity index (χ1n) is 7.88. The molecule has 1 atom stereocenters. The quantitative estimate of drug-likeness (QED) is 0.669. The lowest BCUT2D eigenvalue weighted by Crippen LogP contribution is -2.36. The second kappa shape index (κ2) is 8.41. The van der Waals surface area contributed by atoms with E-state index < -0.39 is 0 Å². The highest BCUT2D eigenvalue weighted by Gasteiger charge is 2.24. The zero-order valence-corrected chi connectivity index (χ0v) is 14.6. The molecular weight excluding hydrogens is 334 g/mol. The van der Waals surface area contributed by atoms with Crippen LogP contribution in [-0.4, -0.2) is 12.6 Å². The Labute approximate surface area is 136 Å². The Kier molecular flexibility index (Phi) is 6.86. The van der Waals surface area contributed by atoms with Gasteiger partial charge in [-0.25, -0.2) is 0 Å². The molecule has 2 rings (SSSR count). The van der Waals surface area contributed by atoms with E-state index in [1.165, 1.54) is 44.1 Å². The minimum Gasteiger partial charge on any atom is -0.314 e. The molecule has 0 bridgehead atoms. The Morgan fingerprint density at radius 1 is 1.35 bits per heavy atom. The van der Waals surface area contributed by atoms with Crippen molar-refractivity contribution >= 4 is 27.5 Å². The summed E-state index contributed by atoms with van der Waals surface area (Å²) < 4.78 is 1.06. The van der Waals surface area contributed by atoms with Crippen LogP contribution in [0.4, 0.5) is 0 Å². The molecule has 1 nitrogen and oxygen atoms in total. The molecular formula is C17H25BrClN. The van der Waals surface area contributed by atoms with Gasteiger partial charge in [-0.3, -0.25) is 0 Å². The molecule has 1 aromatic rings. The second-order valence-electron chi connectivity index (χ2n) is 5.88. The van der Waals surface area contributed by atoms with Crippen LogP contribution in [0, 0.1) is 5.92 Å². The molecule has 0 aromatic heterocycles. The average molecular weight is 359 g/mol. The zero-order chi connectivity index (χ0) is 14.4. The predicted octanol–water partition coefficient (Wildman–Crippen LogP) is 5.59. The smallest absolute Gasteiger partial charge is 0.0449 e. The van der Waals surface area contributed by atoms with Gasteiger partial charge >= 0.3 is 0 Å². The van der Waals surface area contributed by atoms with E-state index in [9.17, 15) is 0 Å². The van der Waals surface area contributed by atoms with Crippen LogP contribution in [0.2, 0.25) is 5.02 Å². The molecule has 0 amide bonds. The standard InChI is InChI=1S/C17H25BrClN/c1-2-11-20-17(14-5-3-4-6-14)10-8-13-7-9-15(18)12-16(13)19/h7,9,12,14,17,20H,2-6,8,10-11H2,1H3. The topological polar surface area (TPSA) is 12.0 Å². The second-order valence-corrected chi connectivity index (χ2v) is 7.20. The van der Waals surface area contributed by atoms with Crippen LogP contribution in [0.15, 0.2) is 22.7 Å². The molecule has 0 saturated heterocycles. The summed E-state index contributed by atoms with van der Waals surface area (Å²) in [6.07, 6.45) is 9.10. The van der Waals surface area contributed by atoms with Crippen molar-refractivity contribution in [3.8, 4) is 0 Å². The number of halogens is 2. The van der Waals surface area contributed by atoms with Crippen molar-refractivity contribution in [3.63, 3.8) is 0 Å². The summed E-state index contributed by atoms with van der Waals surface area (Å²) in [5, 5.41) is 4.65. The van der Waals surface area contributed by atoms with Crippen molar-refractivity contribution < 1.29 is 0 Å². The van der Waals surface area contributed by atoms with E-state index in [4.69, 9.17) is 11.6 Å². The van der Waals surface area contributed by atoms with Crippen molar-refractivity contribution in [2.75, 3.05) is 6.54 Å². The SMILES string of the molecule is CCCNC(CCc1ccc(Br)cc1Cl)C1CCCC1. The Balaban J connectivity index is 1.93. The molecule has 1 saturated carbocycles. The molecule has 1 unspecified atom stereocenters. The highest BCUT2D eigenvalue weighted by Crippen LogP contribution is 2.30. The van der Waals surface area contributed by atoms with Crippen molar-refractivity contribution in [1.29, 1.82) is 0 Å². The van der Waals surface area contributed by atoms with Gasteiger partial charge in [0.2, 0.25) is 0 Å². The van der Waals surface area contributed by atoms with Crippen LogP contribution < -0.4 is 5.32 Å². The maximum atomic E-state index is 6.33. The van der Waals surface area contributed by atoms with Crippen molar-refractivity contribution in [2.45, 2.75) is 57.9 Å². The summed E-state index contributed by atoms with van der Waals surface area (Å²) in [6.45, 7) is 3.37. The van der Waals surface area contributed by atoms with Gasteiger partial charge in [0.25, 0.3) is 0 Å². The minimum absolute atomic E-state index is 0.664. The molecule has 0 radical (unpaired) electrons. The van der Waals surface area contributed by atoms with Gasteiger partial charge in [0.1, 0.15) is 0 Å². The van der Waals surface area contributed by atoms with E-state index in [1.807, 2.05) is 6.07 Å². The molecule has 20 heavy (non-hydrogen) atoms. The van der Waals surface area contributed by atoms with Crippen molar-refractivity contribution in [2.24, 2.45) is 5.92 Å². The lowest BCUT2D eigenvalue weighted by Gasteiger charge is -2.25. The Bertz CT molecular complexity index is 415. The third-order valence-electron chi connectivity index (χ3n) is 4.37. The van der Waals surface area contributed by atoms with Gasteiger partial charge in [-0.1, -0.05) is 53.4 Å². The van der Waals surface area contributed by atoms with Crippen molar-refractivity contribution in [3.05, 3.63) is 33.3 Å². The first-order valence-corrected chi connectivity index (χ1v) is 9.05. The highest BCUT2D eigenvalue weighted by atomic mass is 79.9. The maximum absolute atomic E-state index is 6.33. The van der Waals surface area contributed by atoms with Gasteiger partial charge in [-0.2, -0.15) is 0 Å². The first kappa shape index (κ1) is 16.3. The number of aryl methyl sites for hydroxylation is 1. The van der Waals surface area contributed by atoms with Gasteiger partial charge in [0, 0.05) is 15.5 Å². The van der Waals surface area contributed by atoms with E-state index in [0.29, 0.717) is 6.04 Å². The molecule has 1 N–H and O–H groups in total. The lowest BCUT2D eigenvalue weighted by molar-refractivity contribution is 0.341. The van der Waals surface area contributed by atoms with E-state index in [0.717, 1.165) is 28.4 Å². The number of nitrogens with one attached hydrogen (secondary N) is 1. The normalized spacial score (nSPS) is 17.6.